The molecule has 4 nitrogen and oxygen atoms in total. The Labute approximate surface area is 101 Å². The predicted molar refractivity (Wildman–Crippen MR) is 66.9 cm³/mol. The Kier molecular flexibility index (Phi) is 3.05. The summed E-state index contributed by atoms with van der Waals surface area (Å²) in [5.74, 6) is 0.776. The molecule has 1 saturated heterocycles. The van der Waals surface area contributed by atoms with Gasteiger partial charge in [0.15, 0.2) is 5.65 Å². The van der Waals surface area contributed by atoms with Gasteiger partial charge in [0, 0.05) is 18.6 Å². The molecular formula is C13H18N4. The molecule has 0 spiro atoms. The topological polar surface area (TPSA) is 42.2 Å². The number of hydrogen-bond donors (Lipinski definition) is 1. The lowest BCUT2D eigenvalue weighted by Crippen LogP contribution is -2.14. The van der Waals surface area contributed by atoms with E-state index in [9.17, 15) is 0 Å². The molecule has 1 aliphatic rings. The summed E-state index contributed by atoms with van der Waals surface area (Å²) in [7, 11) is 0. The molecule has 17 heavy (non-hydrogen) atoms. The van der Waals surface area contributed by atoms with Crippen LogP contribution in [0.15, 0.2) is 24.8 Å². The molecule has 4 heteroatoms. The largest absolute Gasteiger partial charge is 0.317 e. The molecule has 3 heterocycles. The molecule has 0 aromatic carbocycles. The third-order valence-corrected chi connectivity index (χ3v) is 3.53. The zero-order valence-corrected chi connectivity index (χ0v) is 9.97. The van der Waals surface area contributed by atoms with Crippen molar-refractivity contribution in [1.82, 2.24) is 19.7 Å². The van der Waals surface area contributed by atoms with Crippen molar-refractivity contribution in [3.63, 3.8) is 0 Å². The van der Waals surface area contributed by atoms with E-state index in [2.05, 4.69) is 25.9 Å². The zero-order chi connectivity index (χ0) is 11.5. The van der Waals surface area contributed by atoms with Gasteiger partial charge >= 0.3 is 0 Å². The number of hydrogen-bond acceptors (Lipinski definition) is 3. The predicted octanol–water partition coefficient (Wildman–Crippen LogP) is 1.66. The molecule has 2 aromatic heterocycles. The van der Waals surface area contributed by atoms with E-state index in [1.165, 1.54) is 31.5 Å². The van der Waals surface area contributed by atoms with Crippen molar-refractivity contribution in [1.29, 1.82) is 0 Å². The SMILES string of the molecule is c1cn2cc(CC3CCCNCC3)ncc2n1. The van der Waals surface area contributed by atoms with Gasteiger partial charge in [-0.15, -0.1) is 0 Å². The molecule has 1 atom stereocenters. The van der Waals surface area contributed by atoms with E-state index < -0.39 is 0 Å². The summed E-state index contributed by atoms with van der Waals surface area (Å²) in [4.78, 5) is 8.71. The van der Waals surface area contributed by atoms with Crippen molar-refractivity contribution < 1.29 is 0 Å². The quantitative estimate of drug-likeness (QED) is 0.853. The van der Waals surface area contributed by atoms with Gasteiger partial charge in [-0.3, -0.25) is 4.98 Å². The number of nitrogens with one attached hydrogen (secondary N) is 1. The van der Waals surface area contributed by atoms with E-state index >= 15 is 0 Å². The van der Waals surface area contributed by atoms with Crippen molar-refractivity contribution in [2.24, 2.45) is 5.92 Å². The first-order valence-electron chi connectivity index (χ1n) is 6.40. The lowest BCUT2D eigenvalue weighted by molar-refractivity contribution is 0.464. The second kappa shape index (κ2) is 4.84. The van der Waals surface area contributed by atoms with Gasteiger partial charge in [0.2, 0.25) is 0 Å². The average molecular weight is 230 g/mol. The van der Waals surface area contributed by atoms with Crippen LogP contribution < -0.4 is 5.32 Å². The lowest BCUT2D eigenvalue weighted by Gasteiger charge is -2.12. The average Bonchev–Trinajstić information content (AvgIpc) is 2.65. The minimum atomic E-state index is 0.776. The molecule has 1 aliphatic heterocycles. The van der Waals surface area contributed by atoms with Crippen LogP contribution in [0.25, 0.3) is 5.65 Å². The maximum absolute atomic E-state index is 4.50. The molecule has 2 aromatic rings. The van der Waals surface area contributed by atoms with Gasteiger partial charge in [0.25, 0.3) is 0 Å². The first-order valence-corrected chi connectivity index (χ1v) is 6.40. The van der Waals surface area contributed by atoms with Gasteiger partial charge in [0.1, 0.15) is 0 Å². The normalized spacial score (nSPS) is 21.5. The Morgan fingerprint density at radius 2 is 2.29 bits per heavy atom. The van der Waals surface area contributed by atoms with Gasteiger partial charge in [-0.2, -0.15) is 0 Å². The summed E-state index contributed by atoms with van der Waals surface area (Å²) in [5, 5.41) is 3.45. The Bertz CT molecular complexity index is 483. The van der Waals surface area contributed by atoms with Crippen molar-refractivity contribution in [3.05, 3.63) is 30.5 Å². The standard InChI is InChI=1S/C13H18N4/c1-2-11(3-5-14-4-1)8-12-10-17-7-6-15-13(17)9-16-12/h6-7,9-11,14H,1-5,8H2. The molecule has 1 fully saturated rings. The molecule has 90 valence electrons. The minimum Gasteiger partial charge on any atom is -0.317 e. The number of fused-ring (bicyclic) bond motifs is 1. The van der Waals surface area contributed by atoms with E-state index in [-0.39, 0.29) is 0 Å². The Morgan fingerprint density at radius 3 is 3.29 bits per heavy atom. The minimum absolute atomic E-state index is 0.776. The van der Waals surface area contributed by atoms with E-state index in [0.717, 1.165) is 24.5 Å². The van der Waals surface area contributed by atoms with Crippen LogP contribution in [0.5, 0.6) is 0 Å². The monoisotopic (exact) mass is 230 g/mol. The second-order valence-corrected chi connectivity index (χ2v) is 4.82. The summed E-state index contributed by atoms with van der Waals surface area (Å²) in [6.45, 7) is 2.32. The highest BCUT2D eigenvalue weighted by Gasteiger charge is 2.13. The maximum atomic E-state index is 4.50. The molecule has 0 radical (unpaired) electrons. The summed E-state index contributed by atoms with van der Waals surface area (Å²) >= 11 is 0. The van der Waals surface area contributed by atoms with E-state index in [1.807, 2.05) is 18.6 Å². The van der Waals surface area contributed by atoms with Gasteiger partial charge in [-0.05, 0) is 44.7 Å². The summed E-state index contributed by atoms with van der Waals surface area (Å²) in [6, 6.07) is 0. The highest BCUT2D eigenvalue weighted by Crippen LogP contribution is 2.18. The molecule has 0 saturated carbocycles. The van der Waals surface area contributed by atoms with Gasteiger partial charge in [0.05, 0.1) is 11.9 Å². The van der Waals surface area contributed by atoms with Crippen LogP contribution in [0, 0.1) is 5.92 Å². The Morgan fingerprint density at radius 1 is 1.29 bits per heavy atom. The summed E-state index contributed by atoms with van der Waals surface area (Å²) < 4.78 is 2.05. The van der Waals surface area contributed by atoms with Crippen LogP contribution in [0.3, 0.4) is 0 Å². The Hall–Kier alpha value is -1.42. The van der Waals surface area contributed by atoms with E-state index in [1.54, 1.807) is 0 Å². The third-order valence-electron chi connectivity index (χ3n) is 3.53. The third kappa shape index (κ3) is 2.47. The molecular weight excluding hydrogens is 212 g/mol. The summed E-state index contributed by atoms with van der Waals surface area (Å²) in [5.41, 5.74) is 2.11. The number of aromatic nitrogens is 3. The molecule has 0 bridgehead atoms. The highest BCUT2D eigenvalue weighted by atomic mass is 15.0. The van der Waals surface area contributed by atoms with E-state index in [0.29, 0.717) is 0 Å². The first kappa shape index (κ1) is 10.7. The fourth-order valence-electron chi connectivity index (χ4n) is 2.56. The maximum Gasteiger partial charge on any atom is 0.155 e. The molecule has 0 amide bonds. The highest BCUT2D eigenvalue weighted by molar-refractivity contribution is 5.34. The van der Waals surface area contributed by atoms with Crippen molar-refractivity contribution >= 4 is 5.65 Å². The number of rotatable bonds is 2. The van der Waals surface area contributed by atoms with Crippen LogP contribution in [0.2, 0.25) is 0 Å². The smallest absolute Gasteiger partial charge is 0.155 e. The molecule has 3 rings (SSSR count). The van der Waals surface area contributed by atoms with Crippen molar-refractivity contribution in [3.8, 4) is 0 Å². The first-order chi connectivity index (χ1) is 8.42. The van der Waals surface area contributed by atoms with Gasteiger partial charge < -0.3 is 9.72 Å². The van der Waals surface area contributed by atoms with Crippen LogP contribution in [-0.2, 0) is 6.42 Å². The molecule has 1 N–H and O–H groups in total. The fraction of sp³-hybridized carbons (Fsp3) is 0.538. The van der Waals surface area contributed by atoms with Crippen LogP contribution in [-0.4, -0.2) is 27.5 Å². The summed E-state index contributed by atoms with van der Waals surface area (Å²) in [6.07, 6.45) is 12.7. The fourth-order valence-corrected chi connectivity index (χ4v) is 2.56. The van der Waals surface area contributed by atoms with Crippen LogP contribution >= 0.6 is 0 Å². The van der Waals surface area contributed by atoms with Crippen LogP contribution in [0.4, 0.5) is 0 Å². The van der Waals surface area contributed by atoms with E-state index in [4.69, 9.17) is 0 Å². The Balaban J connectivity index is 1.74. The van der Waals surface area contributed by atoms with Gasteiger partial charge in [-0.1, -0.05) is 0 Å². The molecule has 1 unspecified atom stereocenters. The van der Waals surface area contributed by atoms with Gasteiger partial charge in [-0.25, -0.2) is 4.98 Å². The molecule has 0 aliphatic carbocycles. The zero-order valence-electron chi connectivity index (χ0n) is 9.97. The second-order valence-electron chi connectivity index (χ2n) is 4.82. The van der Waals surface area contributed by atoms with Crippen molar-refractivity contribution in [2.75, 3.05) is 13.1 Å². The van der Waals surface area contributed by atoms with Crippen molar-refractivity contribution in [2.45, 2.75) is 25.7 Å². The number of nitrogens with zero attached hydrogens (tertiary/aromatic N) is 3. The number of imidazole rings is 1. The lowest BCUT2D eigenvalue weighted by atomic mass is 9.95. The van der Waals surface area contributed by atoms with Crippen LogP contribution in [0.1, 0.15) is 25.0 Å².